The Hall–Kier alpha value is -5.08. The highest BCUT2D eigenvalue weighted by Gasteiger charge is 2.42. The molecule has 0 saturated carbocycles. The monoisotopic (exact) mass is 667 g/mol. The highest BCUT2D eigenvalue weighted by Crippen LogP contribution is 2.55. The second kappa shape index (κ2) is 14.6. The number of fused-ring (bicyclic) bond motifs is 6. The molecule has 0 bridgehead atoms. The van der Waals surface area contributed by atoms with Gasteiger partial charge in [0, 0.05) is 39.3 Å². The minimum atomic E-state index is 0.0228. The molecule has 0 fully saturated rings. The first-order valence-electron chi connectivity index (χ1n) is 19.3. The van der Waals surface area contributed by atoms with Crippen LogP contribution in [0.15, 0.2) is 144 Å². The topological polar surface area (TPSA) is 16.4 Å². The van der Waals surface area contributed by atoms with Gasteiger partial charge < -0.3 is 9.32 Å². The van der Waals surface area contributed by atoms with Gasteiger partial charge in [-0.2, -0.15) is 0 Å². The Balaban J connectivity index is 1.28. The van der Waals surface area contributed by atoms with Crippen molar-refractivity contribution in [2.45, 2.75) is 83.5 Å². The lowest BCUT2D eigenvalue weighted by atomic mass is 9.70. The maximum absolute atomic E-state index is 6.44. The van der Waals surface area contributed by atoms with Crippen LogP contribution in [0.3, 0.4) is 0 Å². The van der Waals surface area contributed by atoms with Crippen LogP contribution in [0.25, 0.3) is 44.2 Å². The maximum Gasteiger partial charge on any atom is 0.137 e. The van der Waals surface area contributed by atoms with Crippen LogP contribution in [-0.4, -0.2) is 0 Å². The van der Waals surface area contributed by atoms with E-state index in [1.165, 1.54) is 103 Å². The average Bonchev–Trinajstić information content (AvgIpc) is 3.69. The molecule has 2 nitrogen and oxygen atoms in total. The van der Waals surface area contributed by atoms with Crippen molar-refractivity contribution >= 4 is 39.0 Å². The van der Waals surface area contributed by atoms with Crippen molar-refractivity contribution in [2.75, 3.05) is 4.90 Å². The molecule has 0 amide bonds. The Kier molecular flexibility index (Phi) is 9.50. The molecule has 0 radical (unpaired) electrons. The average molecular weight is 668 g/mol. The molecule has 51 heavy (non-hydrogen) atoms. The number of benzene rings is 6. The summed E-state index contributed by atoms with van der Waals surface area (Å²) in [5, 5.41) is 2.31. The fourth-order valence-corrected chi connectivity index (χ4v) is 8.69. The van der Waals surface area contributed by atoms with E-state index in [1.54, 1.807) is 0 Å². The van der Waals surface area contributed by atoms with Crippen molar-refractivity contribution in [3.8, 4) is 22.3 Å². The maximum atomic E-state index is 6.44. The van der Waals surface area contributed by atoms with Crippen LogP contribution in [0.1, 0.15) is 89.2 Å². The Morgan fingerprint density at radius 2 is 1.04 bits per heavy atom. The Morgan fingerprint density at radius 1 is 0.451 bits per heavy atom. The summed E-state index contributed by atoms with van der Waals surface area (Å²) < 4.78 is 6.44. The number of furan rings is 1. The summed E-state index contributed by atoms with van der Waals surface area (Å²) in [5.74, 6) is 0. The molecule has 0 unspecified atom stereocenters. The Bertz CT molecular complexity index is 2230. The number of hydrogen-bond donors (Lipinski definition) is 0. The standard InChI is InChI=1S/C49H49NO/c1-3-5-7-16-32-49(33-17-8-6-4-2)45-22-14-12-20-41(45)42-30-28-39(34-46(42)49)50(38-26-24-37(25-27-38)36-18-10-9-11-19-36)40-29-31-44-43-21-13-15-23-47(43)51-48(44)35-40/h9-15,18-31,34-35H,3-8,16-17,32-33H2,1-2H3. The number of hydrogen-bond acceptors (Lipinski definition) is 2. The van der Waals surface area contributed by atoms with Crippen LogP contribution in [-0.2, 0) is 5.41 Å². The summed E-state index contributed by atoms with van der Waals surface area (Å²) in [6, 6.07) is 51.4. The van der Waals surface area contributed by atoms with Crippen LogP contribution in [0.4, 0.5) is 17.1 Å². The minimum absolute atomic E-state index is 0.0228. The zero-order valence-electron chi connectivity index (χ0n) is 30.2. The molecule has 0 N–H and O–H groups in total. The van der Waals surface area contributed by atoms with Crippen LogP contribution in [0.5, 0.6) is 0 Å². The lowest BCUT2D eigenvalue weighted by Gasteiger charge is -2.34. The van der Waals surface area contributed by atoms with E-state index in [9.17, 15) is 0 Å². The van der Waals surface area contributed by atoms with Gasteiger partial charge in [-0.05, 0) is 88.7 Å². The van der Waals surface area contributed by atoms with Crippen molar-refractivity contribution < 1.29 is 4.42 Å². The molecular weight excluding hydrogens is 619 g/mol. The molecule has 6 aromatic carbocycles. The van der Waals surface area contributed by atoms with E-state index < -0.39 is 0 Å². The van der Waals surface area contributed by atoms with Gasteiger partial charge in [0.15, 0.2) is 0 Å². The van der Waals surface area contributed by atoms with Crippen LogP contribution >= 0.6 is 0 Å². The molecular formula is C49H49NO. The predicted octanol–water partition coefficient (Wildman–Crippen LogP) is 14.9. The van der Waals surface area contributed by atoms with Gasteiger partial charge in [0.05, 0.1) is 0 Å². The van der Waals surface area contributed by atoms with Crippen molar-refractivity contribution in [2.24, 2.45) is 0 Å². The SMILES string of the molecule is CCCCCCC1(CCCCCC)c2ccccc2-c2ccc(N(c3ccc(-c4ccccc4)cc3)c3ccc4c(c3)oc3ccccc34)cc21. The minimum Gasteiger partial charge on any atom is -0.456 e. The molecule has 1 aliphatic carbocycles. The van der Waals surface area contributed by atoms with E-state index in [4.69, 9.17) is 4.42 Å². The highest BCUT2D eigenvalue weighted by molar-refractivity contribution is 6.06. The number of unbranched alkanes of at least 4 members (excludes halogenated alkanes) is 6. The van der Waals surface area contributed by atoms with E-state index in [-0.39, 0.29) is 5.41 Å². The molecule has 0 spiro atoms. The van der Waals surface area contributed by atoms with Crippen molar-refractivity contribution in [1.29, 1.82) is 0 Å². The molecule has 0 saturated heterocycles. The fraction of sp³-hybridized carbons (Fsp3) is 0.265. The summed E-state index contributed by atoms with van der Waals surface area (Å²) in [5.41, 5.74) is 13.6. The van der Waals surface area contributed by atoms with E-state index in [2.05, 4.69) is 152 Å². The molecule has 1 heterocycles. The molecule has 1 aromatic heterocycles. The van der Waals surface area contributed by atoms with Gasteiger partial charge in [0.1, 0.15) is 11.2 Å². The second-order valence-corrected chi connectivity index (χ2v) is 14.5. The van der Waals surface area contributed by atoms with Gasteiger partial charge in [-0.25, -0.2) is 0 Å². The molecule has 256 valence electrons. The largest absolute Gasteiger partial charge is 0.456 e. The summed E-state index contributed by atoms with van der Waals surface area (Å²) in [6.45, 7) is 4.63. The van der Waals surface area contributed by atoms with Gasteiger partial charge in [-0.3, -0.25) is 0 Å². The lowest BCUT2D eigenvalue weighted by Crippen LogP contribution is -2.26. The van der Waals surface area contributed by atoms with Crippen molar-refractivity contribution in [3.05, 3.63) is 151 Å². The molecule has 1 aliphatic rings. The van der Waals surface area contributed by atoms with Crippen LogP contribution in [0.2, 0.25) is 0 Å². The lowest BCUT2D eigenvalue weighted by molar-refractivity contribution is 0.401. The first kappa shape index (κ1) is 33.1. The second-order valence-electron chi connectivity index (χ2n) is 14.5. The summed E-state index contributed by atoms with van der Waals surface area (Å²) in [4.78, 5) is 2.43. The first-order chi connectivity index (χ1) is 25.2. The first-order valence-corrected chi connectivity index (χ1v) is 19.3. The molecule has 0 atom stereocenters. The van der Waals surface area contributed by atoms with E-state index in [1.807, 2.05) is 6.07 Å². The number of nitrogens with zero attached hydrogens (tertiary/aromatic N) is 1. The molecule has 2 heteroatoms. The van der Waals surface area contributed by atoms with E-state index in [0.717, 1.165) is 33.3 Å². The van der Waals surface area contributed by atoms with Crippen molar-refractivity contribution in [1.82, 2.24) is 0 Å². The number of rotatable bonds is 14. The smallest absolute Gasteiger partial charge is 0.137 e. The van der Waals surface area contributed by atoms with Gasteiger partial charge in [0.25, 0.3) is 0 Å². The highest BCUT2D eigenvalue weighted by atomic mass is 16.3. The van der Waals surface area contributed by atoms with Crippen molar-refractivity contribution in [3.63, 3.8) is 0 Å². The third-order valence-corrected chi connectivity index (χ3v) is 11.3. The zero-order valence-corrected chi connectivity index (χ0v) is 30.2. The quantitative estimate of drug-likeness (QED) is 0.107. The van der Waals surface area contributed by atoms with Crippen LogP contribution < -0.4 is 4.90 Å². The van der Waals surface area contributed by atoms with Gasteiger partial charge >= 0.3 is 0 Å². The summed E-state index contributed by atoms with van der Waals surface area (Å²) >= 11 is 0. The summed E-state index contributed by atoms with van der Waals surface area (Å²) in [7, 11) is 0. The molecule has 0 aliphatic heterocycles. The fourth-order valence-electron chi connectivity index (χ4n) is 8.69. The molecule has 8 rings (SSSR count). The zero-order chi connectivity index (χ0) is 34.6. The van der Waals surface area contributed by atoms with Crippen LogP contribution in [0, 0.1) is 0 Å². The van der Waals surface area contributed by atoms with Gasteiger partial charge in [-0.15, -0.1) is 0 Å². The predicted molar refractivity (Wildman–Crippen MR) is 218 cm³/mol. The number of anilines is 3. The number of para-hydroxylation sites is 1. The van der Waals surface area contributed by atoms with Gasteiger partial charge in [0.2, 0.25) is 0 Å². The molecule has 7 aromatic rings. The third kappa shape index (κ3) is 6.27. The van der Waals surface area contributed by atoms with E-state index in [0.29, 0.717) is 0 Å². The third-order valence-electron chi connectivity index (χ3n) is 11.3. The summed E-state index contributed by atoms with van der Waals surface area (Å²) in [6.07, 6.45) is 12.6. The van der Waals surface area contributed by atoms with E-state index >= 15 is 0 Å². The Morgan fingerprint density at radius 3 is 1.80 bits per heavy atom. The van der Waals surface area contributed by atoms with Gasteiger partial charge in [-0.1, -0.05) is 156 Å². The Labute approximate surface area is 303 Å². The normalized spacial score (nSPS) is 13.1.